The molecule has 1 atom stereocenters. The van der Waals surface area contributed by atoms with E-state index in [0.29, 0.717) is 32.1 Å². The van der Waals surface area contributed by atoms with Crippen LogP contribution in [0.15, 0.2) is 47.6 Å². The Kier molecular flexibility index (Phi) is 6.23. The molecule has 0 saturated carbocycles. The van der Waals surface area contributed by atoms with E-state index in [9.17, 15) is 4.79 Å². The van der Waals surface area contributed by atoms with Gasteiger partial charge in [0.25, 0.3) is 0 Å². The highest BCUT2D eigenvalue weighted by molar-refractivity contribution is 7.99. The highest BCUT2D eigenvalue weighted by Gasteiger charge is 2.31. The van der Waals surface area contributed by atoms with Gasteiger partial charge in [0, 0.05) is 20.2 Å². The van der Waals surface area contributed by atoms with E-state index in [2.05, 4.69) is 16.7 Å². The highest BCUT2D eigenvalue weighted by Crippen LogP contribution is 2.38. The molecule has 3 aromatic rings. The average Bonchev–Trinajstić information content (AvgIpc) is 3.46. The van der Waals surface area contributed by atoms with Crippen molar-refractivity contribution >= 4 is 28.7 Å². The lowest BCUT2D eigenvalue weighted by molar-refractivity contribution is -0.129. The van der Waals surface area contributed by atoms with Gasteiger partial charge in [-0.15, -0.1) is 0 Å². The number of imidazole rings is 1. The zero-order valence-corrected chi connectivity index (χ0v) is 19.0. The van der Waals surface area contributed by atoms with Crippen molar-refractivity contribution in [1.82, 2.24) is 14.5 Å². The summed E-state index contributed by atoms with van der Waals surface area (Å²) in [6, 6.07) is 14.2. The fraction of sp³-hybridized carbons (Fsp3) is 0.417. The lowest BCUT2D eigenvalue weighted by Gasteiger charge is -2.26. The summed E-state index contributed by atoms with van der Waals surface area (Å²) in [6.45, 7) is 3.22. The quantitative estimate of drug-likeness (QED) is 0.506. The van der Waals surface area contributed by atoms with Gasteiger partial charge in [-0.3, -0.25) is 4.79 Å². The third-order valence-corrected chi connectivity index (χ3v) is 6.95. The van der Waals surface area contributed by atoms with Crippen LogP contribution in [0.3, 0.4) is 0 Å². The molecule has 0 spiro atoms. The van der Waals surface area contributed by atoms with Gasteiger partial charge < -0.3 is 23.7 Å². The standard InChI is InChI=1S/C24H27N3O4S/c1-29-12-11-27-20-6-3-2-5-18(20)25-24(27)32-16-23(28)26-10-4-7-19(26)17-8-9-21-22(15-17)31-14-13-30-21/h2-3,5-6,8-9,15,19H,4,7,10-14,16H2,1H3. The normalized spacial score (nSPS) is 17.8. The van der Waals surface area contributed by atoms with Crippen molar-refractivity contribution in [3.63, 3.8) is 0 Å². The molecular weight excluding hydrogens is 426 g/mol. The van der Waals surface area contributed by atoms with Crippen LogP contribution in [-0.4, -0.2) is 59.6 Å². The Morgan fingerprint density at radius 2 is 2.03 bits per heavy atom. The van der Waals surface area contributed by atoms with E-state index in [4.69, 9.17) is 19.2 Å². The van der Waals surface area contributed by atoms with Crippen molar-refractivity contribution in [3.05, 3.63) is 48.0 Å². The molecule has 1 saturated heterocycles. The lowest BCUT2D eigenvalue weighted by atomic mass is 10.0. The third kappa shape index (κ3) is 4.17. The zero-order chi connectivity index (χ0) is 21.9. The molecule has 1 aromatic heterocycles. The molecule has 1 unspecified atom stereocenters. The minimum absolute atomic E-state index is 0.0752. The number of fused-ring (bicyclic) bond motifs is 2. The van der Waals surface area contributed by atoms with Gasteiger partial charge in [0.1, 0.15) is 13.2 Å². The molecule has 168 valence electrons. The molecule has 5 rings (SSSR count). The minimum Gasteiger partial charge on any atom is -0.486 e. The summed E-state index contributed by atoms with van der Waals surface area (Å²) in [6.07, 6.45) is 1.96. The first-order valence-corrected chi connectivity index (χ1v) is 12.0. The summed E-state index contributed by atoms with van der Waals surface area (Å²) in [5, 5.41) is 0.853. The molecule has 0 bridgehead atoms. The number of para-hydroxylation sites is 2. The Morgan fingerprint density at radius 3 is 2.91 bits per heavy atom. The number of thioether (sulfide) groups is 1. The first kappa shape index (κ1) is 21.2. The van der Waals surface area contributed by atoms with E-state index in [0.717, 1.165) is 52.6 Å². The van der Waals surface area contributed by atoms with Gasteiger partial charge >= 0.3 is 0 Å². The molecule has 0 N–H and O–H groups in total. The van der Waals surface area contributed by atoms with E-state index < -0.39 is 0 Å². The number of nitrogens with zero attached hydrogens (tertiary/aromatic N) is 3. The number of hydrogen-bond donors (Lipinski definition) is 0. The van der Waals surface area contributed by atoms with Crippen LogP contribution in [0.4, 0.5) is 0 Å². The lowest BCUT2D eigenvalue weighted by Crippen LogP contribution is -2.32. The fourth-order valence-electron chi connectivity index (χ4n) is 4.45. The zero-order valence-electron chi connectivity index (χ0n) is 18.2. The van der Waals surface area contributed by atoms with Crippen LogP contribution in [0.2, 0.25) is 0 Å². The topological polar surface area (TPSA) is 65.8 Å². The monoisotopic (exact) mass is 453 g/mol. The van der Waals surface area contributed by atoms with E-state index in [1.165, 1.54) is 11.8 Å². The van der Waals surface area contributed by atoms with E-state index >= 15 is 0 Å². The van der Waals surface area contributed by atoms with Crippen molar-refractivity contribution in [2.75, 3.05) is 39.2 Å². The molecular formula is C24H27N3O4S. The number of aromatic nitrogens is 2. The highest BCUT2D eigenvalue weighted by atomic mass is 32.2. The molecule has 3 heterocycles. The molecule has 32 heavy (non-hydrogen) atoms. The van der Waals surface area contributed by atoms with Crippen LogP contribution in [-0.2, 0) is 16.1 Å². The molecule has 0 aliphatic carbocycles. The van der Waals surface area contributed by atoms with Crippen LogP contribution in [0.25, 0.3) is 11.0 Å². The molecule has 1 fully saturated rings. The largest absolute Gasteiger partial charge is 0.486 e. The summed E-state index contributed by atoms with van der Waals surface area (Å²) in [4.78, 5) is 20.0. The van der Waals surface area contributed by atoms with Crippen LogP contribution >= 0.6 is 11.8 Å². The van der Waals surface area contributed by atoms with Crippen molar-refractivity contribution in [3.8, 4) is 11.5 Å². The SMILES string of the molecule is COCCn1c(SCC(=O)N2CCCC2c2ccc3c(c2)OCCO3)nc2ccccc21. The Morgan fingerprint density at radius 1 is 1.19 bits per heavy atom. The number of amides is 1. The number of methoxy groups -OCH3 is 1. The molecule has 0 radical (unpaired) electrons. The van der Waals surface area contributed by atoms with Gasteiger partial charge in [0.15, 0.2) is 16.7 Å². The molecule has 8 heteroatoms. The van der Waals surface area contributed by atoms with Gasteiger partial charge in [-0.25, -0.2) is 4.98 Å². The predicted molar refractivity (Wildman–Crippen MR) is 123 cm³/mol. The smallest absolute Gasteiger partial charge is 0.233 e. The maximum absolute atomic E-state index is 13.2. The van der Waals surface area contributed by atoms with Gasteiger partial charge in [0.05, 0.1) is 29.4 Å². The number of carbonyl (C=O) groups is 1. The van der Waals surface area contributed by atoms with E-state index in [1.54, 1.807) is 7.11 Å². The molecule has 2 aliphatic heterocycles. The predicted octanol–water partition coefficient (Wildman–Crippen LogP) is 3.91. The fourth-order valence-corrected chi connectivity index (χ4v) is 5.38. The average molecular weight is 454 g/mol. The van der Waals surface area contributed by atoms with Crippen LogP contribution in [0.5, 0.6) is 11.5 Å². The molecule has 7 nitrogen and oxygen atoms in total. The number of ether oxygens (including phenoxy) is 3. The van der Waals surface area contributed by atoms with Crippen molar-refractivity contribution in [2.45, 2.75) is 30.6 Å². The molecule has 2 aromatic carbocycles. The minimum atomic E-state index is 0.0752. The number of hydrogen-bond acceptors (Lipinski definition) is 6. The third-order valence-electron chi connectivity index (χ3n) is 5.99. The maximum atomic E-state index is 13.2. The second-order valence-corrected chi connectivity index (χ2v) is 8.91. The second kappa shape index (κ2) is 9.42. The molecule has 1 amide bonds. The Bertz CT molecular complexity index is 1120. The summed E-state index contributed by atoms with van der Waals surface area (Å²) in [5.74, 6) is 2.05. The van der Waals surface area contributed by atoms with Crippen LogP contribution < -0.4 is 9.47 Å². The van der Waals surface area contributed by atoms with E-state index in [-0.39, 0.29) is 11.9 Å². The Labute approximate surface area is 191 Å². The number of carbonyl (C=O) groups excluding carboxylic acids is 1. The van der Waals surface area contributed by atoms with Gasteiger partial charge in [0.2, 0.25) is 5.91 Å². The van der Waals surface area contributed by atoms with Crippen LogP contribution in [0.1, 0.15) is 24.4 Å². The van der Waals surface area contributed by atoms with Crippen molar-refractivity contribution in [2.24, 2.45) is 0 Å². The Hall–Kier alpha value is -2.71. The Balaban J connectivity index is 1.31. The van der Waals surface area contributed by atoms with E-state index in [1.807, 2.05) is 35.2 Å². The number of benzene rings is 2. The first-order valence-electron chi connectivity index (χ1n) is 11.0. The van der Waals surface area contributed by atoms with Gasteiger partial charge in [-0.2, -0.15) is 0 Å². The second-order valence-electron chi connectivity index (χ2n) is 7.96. The maximum Gasteiger partial charge on any atom is 0.233 e. The van der Waals surface area contributed by atoms with Crippen molar-refractivity contribution < 1.29 is 19.0 Å². The first-order chi connectivity index (χ1) is 15.7. The van der Waals surface area contributed by atoms with Crippen LogP contribution in [0, 0.1) is 0 Å². The number of rotatable bonds is 7. The number of likely N-dealkylation sites (tertiary alicyclic amines) is 1. The summed E-state index contributed by atoms with van der Waals surface area (Å²) in [7, 11) is 1.70. The van der Waals surface area contributed by atoms with Gasteiger partial charge in [-0.1, -0.05) is 30.0 Å². The summed E-state index contributed by atoms with van der Waals surface area (Å²) in [5.41, 5.74) is 3.11. The van der Waals surface area contributed by atoms with Crippen molar-refractivity contribution in [1.29, 1.82) is 0 Å². The van der Waals surface area contributed by atoms with Gasteiger partial charge in [-0.05, 0) is 42.7 Å². The summed E-state index contributed by atoms with van der Waals surface area (Å²) >= 11 is 1.50. The summed E-state index contributed by atoms with van der Waals surface area (Å²) < 4.78 is 18.8. The molecule has 2 aliphatic rings.